The second-order valence-electron chi connectivity index (χ2n) is 7.62. The van der Waals surface area contributed by atoms with Crippen molar-refractivity contribution in [2.45, 2.75) is 70.5 Å². The lowest BCUT2D eigenvalue weighted by Gasteiger charge is -2.18. The average molecular weight is 363 g/mol. The molecule has 0 spiro atoms. The summed E-state index contributed by atoms with van der Waals surface area (Å²) in [5, 5.41) is 20.5. The fraction of sp³-hybridized carbons (Fsp3) is 0.682. The molecular weight excluding hydrogens is 328 g/mol. The first-order valence-corrected chi connectivity index (χ1v) is 10.0. The molecule has 0 aromatic rings. The third-order valence-corrected chi connectivity index (χ3v) is 5.64. The van der Waals surface area contributed by atoms with Crippen molar-refractivity contribution in [3.05, 3.63) is 36.0 Å². The summed E-state index contributed by atoms with van der Waals surface area (Å²) >= 11 is 0. The first kappa shape index (κ1) is 20.9. The number of rotatable bonds is 10. The van der Waals surface area contributed by atoms with E-state index >= 15 is 0 Å². The zero-order valence-electron chi connectivity index (χ0n) is 16.1. The molecule has 0 unspecified atom stereocenters. The molecule has 0 heterocycles. The van der Waals surface area contributed by atoms with E-state index in [9.17, 15) is 15.0 Å². The minimum atomic E-state index is -0.403. The van der Waals surface area contributed by atoms with Crippen LogP contribution in [0.5, 0.6) is 0 Å². The fourth-order valence-corrected chi connectivity index (χ4v) is 4.16. The van der Waals surface area contributed by atoms with E-state index in [1.54, 1.807) is 0 Å². The van der Waals surface area contributed by atoms with Crippen molar-refractivity contribution in [2.24, 2.45) is 17.8 Å². The monoisotopic (exact) mass is 362 g/mol. The van der Waals surface area contributed by atoms with Crippen LogP contribution in [0.25, 0.3) is 0 Å². The molecule has 0 aliphatic heterocycles. The summed E-state index contributed by atoms with van der Waals surface area (Å²) in [5.41, 5.74) is 1.29. The Morgan fingerprint density at radius 1 is 1.42 bits per heavy atom. The molecule has 5 atom stereocenters. The standard InChI is InChI=1S/C22H34O4/c1-3-4-5-9-18(23)11-12-19-20-14-16(13-17(20)15-21(19)24)8-6-7-10-22(25)26-2/h6,8,11-13,17-21,23-24H,3-5,7,9-10,14-15H2,1-2H3/b8-6?,12-11-/t17-,18+,19-,20-,21+/m0/s1. The quantitative estimate of drug-likeness (QED) is 0.351. The van der Waals surface area contributed by atoms with Crippen molar-refractivity contribution in [2.75, 3.05) is 7.11 Å². The summed E-state index contributed by atoms with van der Waals surface area (Å²) in [6.07, 6.45) is 16.6. The molecule has 0 aromatic heterocycles. The van der Waals surface area contributed by atoms with Gasteiger partial charge in [-0.05, 0) is 37.5 Å². The third-order valence-electron chi connectivity index (χ3n) is 5.64. The SMILES string of the molecule is CCCCC[C@@H](O)/C=C\[C@H]1[C@H]2CC(C=CCCC(=O)OC)=C[C@H]2C[C@H]1O. The minimum absolute atomic E-state index is 0.123. The van der Waals surface area contributed by atoms with Gasteiger partial charge in [-0.3, -0.25) is 4.79 Å². The van der Waals surface area contributed by atoms with Gasteiger partial charge in [-0.15, -0.1) is 0 Å². The van der Waals surface area contributed by atoms with E-state index in [0.29, 0.717) is 24.7 Å². The van der Waals surface area contributed by atoms with Crippen molar-refractivity contribution in [1.82, 2.24) is 0 Å². The van der Waals surface area contributed by atoms with Gasteiger partial charge in [0.25, 0.3) is 0 Å². The van der Waals surface area contributed by atoms with Crippen molar-refractivity contribution in [3.63, 3.8) is 0 Å². The van der Waals surface area contributed by atoms with E-state index < -0.39 is 6.10 Å². The van der Waals surface area contributed by atoms with Gasteiger partial charge in [0, 0.05) is 12.3 Å². The Morgan fingerprint density at radius 2 is 2.23 bits per heavy atom. The number of methoxy groups -OCH3 is 1. The summed E-state index contributed by atoms with van der Waals surface area (Å²) in [7, 11) is 1.41. The Labute approximate surface area is 157 Å². The van der Waals surface area contributed by atoms with Gasteiger partial charge >= 0.3 is 5.97 Å². The van der Waals surface area contributed by atoms with Crippen LogP contribution in [0.3, 0.4) is 0 Å². The lowest BCUT2D eigenvalue weighted by molar-refractivity contribution is -0.140. The van der Waals surface area contributed by atoms with Crippen molar-refractivity contribution >= 4 is 5.97 Å². The highest BCUT2D eigenvalue weighted by Crippen LogP contribution is 2.47. The lowest BCUT2D eigenvalue weighted by atomic mass is 9.89. The summed E-state index contributed by atoms with van der Waals surface area (Å²) in [6.45, 7) is 2.16. The maximum absolute atomic E-state index is 11.1. The van der Waals surface area contributed by atoms with Gasteiger partial charge in [0.1, 0.15) is 0 Å². The van der Waals surface area contributed by atoms with Gasteiger partial charge < -0.3 is 14.9 Å². The van der Waals surface area contributed by atoms with Crippen LogP contribution in [-0.2, 0) is 9.53 Å². The van der Waals surface area contributed by atoms with Gasteiger partial charge in [0.15, 0.2) is 0 Å². The van der Waals surface area contributed by atoms with E-state index in [0.717, 1.165) is 38.5 Å². The highest BCUT2D eigenvalue weighted by molar-refractivity contribution is 5.69. The molecule has 146 valence electrons. The number of unbranched alkanes of at least 4 members (excludes halogenated alkanes) is 2. The van der Waals surface area contributed by atoms with Gasteiger partial charge in [0.05, 0.1) is 19.3 Å². The van der Waals surface area contributed by atoms with Crippen molar-refractivity contribution < 1.29 is 19.7 Å². The number of fused-ring (bicyclic) bond motifs is 1. The molecule has 0 radical (unpaired) electrons. The number of hydrogen-bond acceptors (Lipinski definition) is 4. The maximum Gasteiger partial charge on any atom is 0.305 e. The third kappa shape index (κ3) is 6.10. The highest BCUT2D eigenvalue weighted by atomic mass is 16.5. The first-order chi connectivity index (χ1) is 12.5. The predicted octanol–water partition coefficient (Wildman–Crippen LogP) is 3.94. The number of carbonyl (C=O) groups excluding carboxylic acids is 1. The second kappa shape index (κ2) is 10.7. The Hall–Kier alpha value is -1.39. The molecule has 0 amide bonds. The van der Waals surface area contributed by atoms with Crippen LogP contribution in [-0.4, -0.2) is 35.5 Å². The zero-order chi connectivity index (χ0) is 18.9. The zero-order valence-corrected chi connectivity index (χ0v) is 16.1. The highest BCUT2D eigenvalue weighted by Gasteiger charge is 2.42. The molecule has 1 saturated carbocycles. The Balaban J connectivity index is 1.83. The molecule has 26 heavy (non-hydrogen) atoms. The molecule has 0 bridgehead atoms. The van der Waals surface area contributed by atoms with Gasteiger partial charge in [-0.2, -0.15) is 0 Å². The molecule has 4 heteroatoms. The maximum atomic E-state index is 11.1. The Morgan fingerprint density at radius 3 is 2.96 bits per heavy atom. The van der Waals surface area contributed by atoms with Crippen LogP contribution < -0.4 is 0 Å². The number of esters is 1. The molecule has 0 saturated heterocycles. The predicted molar refractivity (Wildman–Crippen MR) is 103 cm³/mol. The summed E-state index contributed by atoms with van der Waals surface area (Å²) in [4.78, 5) is 11.1. The topological polar surface area (TPSA) is 66.8 Å². The summed E-state index contributed by atoms with van der Waals surface area (Å²) < 4.78 is 4.64. The first-order valence-electron chi connectivity index (χ1n) is 10.0. The number of aliphatic hydroxyl groups is 2. The summed E-state index contributed by atoms with van der Waals surface area (Å²) in [5.74, 6) is 0.775. The van der Waals surface area contributed by atoms with Crippen molar-refractivity contribution in [3.8, 4) is 0 Å². The van der Waals surface area contributed by atoms with Crippen LogP contribution in [0.4, 0.5) is 0 Å². The number of ether oxygens (including phenoxy) is 1. The van der Waals surface area contributed by atoms with Gasteiger partial charge in [-0.25, -0.2) is 0 Å². The van der Waals surface area contributed by atoms with Crippen LogP contribution >= 0.6 is 0 Å². The molecule has 2 aliphatic carbocycles. The Kier molecular flexibility index (Phi) is 8.60. The molecule has 2 aliphatic rings. The molecular formula is C22H34O4. The number of aliphatic hydroxyl groups excluding tert-OH is 2. The second-order valence-corrected chi connectivity index (χ2v) is 7.62. The van der Waals surface area contributed by atoms with Crippen LogP contribution in [0.2, 0.25) is 0 Å². The number of allylic oxidation sites excluding steroid dienone is 4. The lowest BCUT2D eigenvalue weighted by Crippen LogP contribution is -2.17. The largest absolute Gasteiger partial charge is 0.469 e. The smallest absolute Gasteiger partial charge is 0.305 e. The van der Waals surface area contributed by atoms with Gasteiger partial charge in [0.2, 0.25) is 0 Å². The minimum Gasteiger partial charge on any atom is -0.469 e. The van der Waals surface area contributed by atoms with E-state index in [4.69, 9.17) is 0 Å². The summed E-state index contributed by atoms with van der Waals surface area (Å²) in [6, 6.07) is 0. The molecule has 1 fully saturated rings. The van der Waals surface area contributed by atoms with E-state index in [-0.39, 0.29) is 18.0 Å². The van der Waals surface area contributed by atoms with E-state index in [1.807, 2.05) is 18.2 Å². The molecule has 2 rings (SSSR count). The number of carbonyl (C=O) groups is 1. The number of hydrogen-bond donors (Lipinski definition) is 2. The van der Waals surface area contributed by atoms with Crippen LogP contribution in [0.15, 0.2) is 36.0 Å². The Bertz CT molecular complexity index is 534. The van der Waals surface area contributed by atoms with Crippen LogP contribution in [0.1, 0.15) is 58.3 Å². The van der Waals surface area contributed by atoms with E-state index in [1.165, 1.54) is 12.7 Å². The normalized spacial score (nSPS) is 29.3. The molecule has 2 N–H and O–H groups in total. The van der Waals surface area contributed by atoms with Crippen molar-refractivity contribution in [1.29, 1.82) is 0 Å². The molecule has 0 aromatic carbocycles. The molecule has 4 nitrogen and oxygen atoms in total. The fourth-order valence-electron chi connectivity index (χ4n) is 4.16. The van der Waals surface area contributed by atoms with Gasteiger partial charge in [-0.1, -0.05) is 62.1 Å². The average Bonchev–Trinajstić information content (AvgIpc) is 3.13. The van der Waals surface area contributed by atoms with E-state index in [2.05, 4.69) is 23.8 Å². The van der Waals surface area contributed by atoms with Crippen LogP contribution in [0, 0.1) is 17.8 Å².